The summed E-state index contributed by atoms with van der Waals surface area (Å²) in [5.74, 6) is 0.856. The molecule has 0 saturated heterocycles. The Morgan fingerprint density at radius 1 is 1.28 bits per heavy atom. The van der Waals surface area contributed by atoms with E-state index in [1.165, 1.54) is 23.1 Å². The van der Waals surface area contributed by atoms with Gasteiger partial charge < -0.3 is 20.0 Å². The summed E-state index contributed by atoms with van der Waals surface area (Å²) in [4.78, 5) is 44.9. The van der Waals surface area contributed by atoms with E-state index in [-0.39, 0.29) is 28.4 Å². The van der Waals surface area contributed by atoms with E-state index in [1.54, 1.807) is 49.7 Å². The minimum Gasteiger partial charge on any atom is -0.464 e. The standard InChI is InChI=1S/C22H20N4O4S2/c1-12(31-11-17(27)24-14-6-3-5-13(9-14)20(28)23-2)19-25-21(29)18-15(10-32-22(18)26-19)16-7-4-8-30-16/h3-10,12H,11H2,1-2H3,(H,23,28)(H,24,27)(H,25,26,29). The molecule has 2 amide bonds. The van der Waals surface area contributed by atoms with Gasteiger partial charge in [-0.3, -0.25) is 14.4 Å². The minimum absolute atomic E-state index is 0.162. The van der Waals surface area contributed by atoms with E-state index in [4.69, 9.17) is 4.42 Å². The van der Waals surface area contributed by atoms with E-state index >= 15 is 0 Å². The molecular formula is C22H20N4O4S2. The number of H-pyrrole nitrogens is 1. The van der Waals surface area contributed by atoms with E-state index in [9.17, 15) is 14.4 Å². The summed E-state index contributed by atoms with van der Waals surface area (Å²) in [5.41, 5.74) is 1.49. The number of furan rings is 1. The number of anilines is 1. The molecule has 4 aromatic rings. The van der Waals surface area contributed by atoms with Crippen LogP contribution in [0.3, 0.4) is 0 Å². The molecule has 0 aliphatic rings. The number of nitrogens with zero attached hydrogens (tertiary/aromatic N) is 1. The van der Waals surface area contributed by atoms with Crippen molar-refractivity contribution in [1.29, 1.82) is 0 Å². The number of carbonyl (C=O) groups is 2. The van der Waals surface area contributed by atoms with Crippen molar-refractivity contribution in [2.45, 2.75) is 12.2 Å². The lowest BCUT2D eigenvalue weighted by Gasteiger charge is -2.11. The van der Waals surface area contributed by atoms with Gasteiger partial charge in [0, 0.05) is 29.2 Å². The van der Waals surface area contributed by atoms with Crippen molar-refractivity contribution >= 4 is 50.8 Å². The first-order valence-electron chi connectivity index (χ1n) is 9.75. The van der Waals surface area contributed by atoms with Crippen LogP contribution in [-0.4, -0.2) is 34.6 Å². The number of aromatic nitrogens is 2. The van der Waals surface area contributed by atoms with Gasteiger partial charge in [-0.2, -0.15) is 0 Å². The van der Waals surface area contributed by atoms with Crippen molar-refractivity contribution < 1.29 is 14.0 Å². The summed E-state index contributed by atoms with van der Waals surface area (Å²) in [6, 6.07) is 10.3. The van der Waals surface area contributed by atoms with Crippen molar-refractivity contribution in [2.24, 2.45) is 0 Å². The molecule has 4 rings (SSSR count). The van der Waals surface area contributed by atoms with E-state index in [0.717, 1.165) is 0 Å². The number of amides is 2. The molecule has 1 aromatic carbocycles. The van der Waals surface area contributed by atoms with Crippen LogP contribution in [0.5, 0.6) is 0 Å². The molecule has 164 valence electrons. The third-order valence-corrected chi connectivity index (χ3v) is 6.76. The highest BCUT2D eigenvalue weighted by molar-refractivity contribution is 8.00. The van der Waals surface area contributed by atoms with Gasteiger partial charge in [0.15, 0.2) is 0 Å². The van der Waals surface area contributed by atoms with Crippen molar-refractivity contribution in [2.75, 3.05) is 18.1 Å². The molecule has 0 fully saturated rings. The highest BCUT2D eigenvalue weighted by atomic mass is 32.2. The number of nitrogens with one attached hydrogen (secondary N) is 3. The average molecular weight is 469 g/mol. The van der Waals surface area contributed by atoms with Gasteiger partial charge in [-0.15, -0.1) is 23.1 Å². The molecule has 0 aliphatic carbocycles. The topological polar surface area (TPSA) is 117 Å². The van der Waals surface area contributed by atoms with Gasteiger partial charge in [0.2, 0.25) is 5.91 Å². The smallest absolute Gasteiger partial charge is 0.260 e. The lowest BCUT2D eigenvalue weighted by Crippen LogP contribution is -2.19. The fraction of sp³-hybridized carbons (Fsp3) is 0.182. The Hall–Kier alpha value is -3.37. The first-order chi connectivity index (χ1) is 15.5. The van der Waals surface area contributed by atoms with E-state index in [2.05, 4.69) is 20.6 Å². The van der Waals surface area contributed by atoms with Gasteiger partial charge in [0.25, 0.3) is 11.5 Å². The number of hydrogen-bond donors (Lipinski definition) is 3. The van der Waals surface area contributed by atoms with Crippen LogP contribution in [0.1, 0.15) is 28.4 Å². The van der Waals surface area contributed by atoms with Crippen LogP contribution in [-0.2, 0) is 4.79 Å². The Kier molecular flexibility index (Phi) is 6.42. The van der Waals surface area contributed by atoms with E-state index in [1.807, 2.05) is 12.3 Å². The Morgan fingerprint density at radius 2 is 2.12 bits per heavy atom. The maximum absolute atomic E-state index is 12.7. The number of hydrogen-bond acceptors (Lipinski definition) is 7. The summed E-state index contributed by atoms with van der Waals surface area (Å²) in [7, 11) is 1.55. The Morgan fingerprint density at radius 3 is 2.88 bits per heavy atom. The molecule has 10 heteroatoms. The predicted molar refractivity (Wildman–Crippen MR) is 127 cm³/mol. The highest BCUT2D eigenvalue weighted by Crippen LogP contribution is 2.33. The third-order valence-electron chi connectivity index (χ3n) is 4.73. The first-order valence-corrected chi connectivity index (χ1v) is 11.7. The molecule has 3 heterocycles. The number of rotatable bonds is 7. The van der Waals surface area contributed by atoms with E-state index < -0.39 is 0 Å². The number of fused-ring (bicyclic) bond motifs is 1. The first kappa shape index (κ1) is 21.8. The van der Waals surface area contributed by atoms with E-state index in [0.29, 0.717) is 38.6 Å². The van der Waals surface area contributed by atoms with Gasteiger partial charge in [0.1, 0.15) is 16.4 Å². The predicted octanol–water partition coefficient (Wildman–Crippen LogP) is 4.04. The summed E-state index contributed by atoms with van der Waals surface area (Å²) in [5, 5.41) is 7.49. The molecule has 32 heavy (non-hydrogen) atoms. The second kappa shape index (κ2) is 9.41. The van der Waals surface area contributed by atoms with Crippen LogP contribution in [0, 0.1) is 0 Å². The zero-order chi connectivity index (χ0) is 22.7. The molecule has 1 unspecified atom stereocenters. The summed E-state index contributed by atoms with van der Waals surface area (Å²) >= 11 is 2.73. The highest BCUT2D eigenvalue weighted by Gasteiger charge is 2.18. The fourth-order valence-corrected chi connectivity index (χ4v) is 4.81. The lowest BCUT2D eigenvalue weighted by molar-refractivity contribution is -0.113. The largest absolute Gasteiger partial charge is 0.464 e. The molecule has 8 nitrogen and oxygen atoms in total. The molecular weight excluding hydrogens is 448 g/mol. The molecule has 3 N–H and O–H groups in total. The minimum atomic E-state index is -0.236. The Bertz CT molecular complexity index is 1330. The summed E-state index contributed by atoms with van der Waals surface area (Å²) < 4.78 is 5.41. The quantitative estimate of drug-likeness (QED) is 0.377. The number of benzene rings is 1. The third kappa shape index (κ3) is 4.61. The molecule has 0 bridgehead atoms. The van der Waals surface area contributed by atoms with Gasteiger partial charge in [-0.25, -0.2) is 4.98 Å². The molecule has 1 atom stereocenters. The van der Waals surface area contributed by atoms with Crippen LogP contribution in [0.4, 0.5) is 5.69 Å². The maximum atomic E-state index is 12.7. The van der Waals surface area contributed by atoms with Crippen LogP contribution in [0.15, 0.2) is 57.3 Å². The monoisotopic (exact) mass is 468 g/mol. The van der Waals surface area contributed by atoms with Crippen LogP contribution >= 0.6 is 23.1 Å². The molecule has 0 radical (unpaired) electrons. The normalized spacial score (nSPS) is 11.9. The SMILES string of the molecule is CNC(=O)c1cccc(NC(=O)CSC(C)c2nc3scc(-c4ccco4)c3c(=O)[nH]2)c1. The molecule has 0 spiro atoms. The van der Waals surface area contributed by atoms with Gasteiger partial charge in [-0.1, -0.05) is 6.07 Å². The Labute approximate surface area is 191 Å². The number of thioether (sulfide) groups is 1. The summed E-state index contributed by atoms with van der Waals surface area (Å²) in [6.07, 6.45) is 1.56. The van der Waals surface area contributed by atoms with Crippen molar-refractivity contribution in [1.82, 2.24) is 15.3 Å². The van der Waals surface area contributed by atoms with Gasteiger partial charge in [0.05, 0.1) is 22.7 Å². The zero-order valence-electron chi connectivity index (χ0n) is 17.3. The second-order valence-corrected chi connectivity index (χ2v) is 9.11. The van der Waals surface area contributed by atoms with Gasteiger partial charge in [-0.05, 0) is 37.3 Å². The average Bonchev–Trinajstić information content (AvgIpc) is 3.47. The fourth-order valence-electron chi connectivity index (χ4n) is 3.13. The number of thiophene rings is 1. The number of aromatic amines is 1. The van der Waals surface area contributed by atoms with Crippen LogP contribution in [0.25, 0.3) is 21.5 Å². The van der Waals surface area contributed by atoms with Crippen molar-refractivity contribution in [3.8, 4) is 11.3 Å². The number of carbonyl (C=O) groups excluding carboxylic acids is 2. The lowest BCUT2D eigenvalue weighted by atomic mass is 10.2. The summed E-state index contributed by atoms with van der Waals surface area (Å²) in [6.45, 7) is 1.88. The second-order valence-electron chi connectivity index (χ2n) is 6.92. The zero-order valence-corrected chi connectivity index (χ0v) is 18.9. The molecule has 3 aromatic heterocycles. The van der Waals surface area contributed by atoms with Crippen LogP contribution in [0.2, 0.25) is 0 Å². The van der Waals surface area contributed by atoms with Gasteiger partial charge >= 0.3 is 0 Å². The maximum Gasteiger partial charge on any atom is 0.260 e. The Balaban J connectivity index is 1.43. The van der Waals surface area contributed by atoms with Crippen LogP contribution < -0.4 is 16.2 Å². The molecule has 0 aliphatic heterocycles. The molecule has 0 saturated carbocycles. The van der Waals surface area contributed by atoms with Crippen molar-refractivity contribution in [3.63, 3.8) is 0 Å². The van der Waals surface area contributed by atoms with Crippen molar-refractivity contribution in [3.05, 3.63) is 69.8 Å².